The third-order valence-electron chi connectivity index (χ3n) is 6.65. The molecule has 4 rings (SSSR count). The minimum absolute atomic E-state index is 0.0124. The van der Waals surface area contributed by atoms with Crippen LogP contribution in [-0.4, -0.2) is 51.4 Å². The van der Waals surface area contributed by atoms with Gasteiger partial charge >= 0.3 is 5.97 Å². The summed E-state index contributed by atoms with van der Waals surface area (Å²) in [6.45, 7) is 3.37. The summed E-state index contributed by atoms with van der Waals surface area (Å²) in [4.78, 5) is 51.4. The lowest BCUT2D eigenvalue weighted by Crippen LogP contribution is -2.37. The van der Waals surface area contributed by atoms with Crippen LogP contribution in [0.2, 0.25) is 0 Å². The fraction of sp³-hybridized carbons (Fsp3) is 0.545. The molecule has 1 heterocycles. The number of fused-ring (bicyclic) bond motifs is 5. The zero-order chi connectivity index (χ0) is 22.4. The Hall–Kier alpha value is -1.74. The molecular formula is C22H24Br2N2O5. The van der Waals surface area contributed by atoms with Gasteiger partial charge in [0.2, 0.25) is 11.8 Å². The zero-order valence-corrected chi connectivity index (χ0v) is 20.4. The van der Waals surface area contributed by atoms with Crippen LogP contribution in [0, 0.1) is 37.5 Å². The van der Waals surface area contributed by atoms with Gasteiger partial charge in [-0.05, 0) is 49.3 Å². The third-order valence-corrected chi connectivity index (χ3v) is 9.86. The second-order valence-corrected chi connectivity index (χ2v) is 10.7. The zero-order valence-electron chi connectivity index (χ0n) is 17.3. The van der Waals surface area contributed by atoms with Crippen LogP contribution in [0.1, 0.15) is 24.0 Å². The molecule has 1 aromatic carbocycles. The minimum Gasteiger partial charge on any atom is -0.456 e. The van der Waals surface area contributed by atoms with E-state index in [0.717, 1.165) is 17.5 Å². The van der Waals surface area contributed by atoms with E-state index < -0.39 is 18.5 Å². The summed E-state index contributed by atoms with van der Waals surface area (Å²) in [5.41, 5.74) is 2.59. The number of carbonyl (C=O) groups excluding carboxylic acids is 4. The largest absolute Gasteiger partial charge is 0.456 e. The van der Waals surface area contributed by atoms with E-state index in [0.29, 0.717) is 5.69 Å². The van der Waals surface area contributed by atoms with Crippen molar-refractivity contribution in [3.63, 3.8) is 0 Å². The summed E-state index contributed by atoms with van der Waals surface area (Å²) in [7, 11) is 0. The van der Waals surface area contributed by atoms with Gasteiger partial charge in [-0.1, -0.05) is 44.0 Å². The van der Waals surface area contributed by atoms with Crippen molar-refractivity contribution in [1.82, 2.24) is 4.90 Å². The number of benzene rings is 1. The summed E-state index contributed by atoms with van der Waals surface area (Å²) in [6, 6.07) is 5.69. The Morgan fingerprint density at radius 3 is 2.32 bits per heavy atom. The van der Waals surface area contributed by atoms with Crippen LogP contribution in [0.5, 0.6) is 0 Å². The van der Waals surface area contributed by atoms with Gasteiger partial charge in [0.1, 0.15) is 0 Å². The number of amides is 3. The monoisotopic (exact) mass is 554 g/mol. The fourth-order valence-corrected chi connectivity index (χ4v) is 6.98. The van der Waals surface area contributed by atoms with E-state index in [1.54, 1.807) is 0 Å². The SMILES string of the molecule is Cc1ccc(C)c(NC(=O)COC(=O)CCN2C(=O)[C@@H]3[C@H]4C[C@@H]([C@H](Br)[C@H]4Br)[C@@H]3C2=O)c1. The van der Waals surface area contributed by atoms with Gasteiger partial charge in [0.05, 0.1) is 18.3 Å². The Balaban J connectivity index is 1.27. The average Bonchev–Trinajstić information content (AvgIpc) is 3.33. The maximum atomic E-state index is 12.8. The van der Waals surface area contributed by atoms with Gasteiger partial charge in [0.25, 0.3) is 5.91 Å². The van der Waals surface area contributed by atoms with Crippen LogP contribution in [0.3, 0.4) is 0 Å². The molecular weight excluding hydrogens is 532 g/mol. The number of carbonyl (C=O) groups is 4. The second kappa shape index (κ2) is 8.65. The number of ether oxygens (including phenoxy) is 1. The summed E-state index contributed by atoms with van der Waals surface area (Å²) in [5, 5.41) is 2.73. The highest BCUT2D eigenvalue weighted by atomic mass is 79.9. The first kappa shape index (κ1) is 22.5. The normalized spacial score (nSPS) is 31.2. The molecule has 3 amide bonds. The first-order chi connectivity index (χ1) is 14.7. The standard InChI is InChI=1S/C22H24Br2N2O5/c1-10-3-4-11(2)14(7-10)25-15(27)9-31-16(28)5-6-26-21(29)17-12-8-13(18(17)22(26)30)20(24)19(12)23/h3-4,7,12-13,17-20H,5-6,8-9H2,1-2H3,(H,25,27)/t12-,13-,17-,18+,19+,20+/m1/s1. The number of nitrogens with zero attached hydrogens (tertiary/aromatic N) is 1. The Morgan fingerprint density at radius 2 is 1.71 bits per heavy atom. The fourth-order valence-electron chi connectivity index (χ4n) is 5.11. The van der Waals surface area contributed by atoms with Gasteiger partial charge in [-0.3, -0.25) is 24.1 Å². The van der Waals surface area contributed by atoms with Gasteiger partial charge < -0.3 is 10.1 Å². The van der Waals surface area contributed by atoms with Crippen LogP contribution in [0.15, 0.2) is 18.2 Å². The highest BCUT2D eigenvalue weighted by Gasteiger charge is 2.66. The Kier molecular flexibility index (Phi) is 6.27. The number of nitrogens with one attached hydrogen (secondary N) is 1. The van der Waals surface area contributed by atoms with E-state index in [1.165, 1.54) is 4.90 Å². The van der Waals surface area contributed by atoms with Crippen LogP contribution >= 0.6 is 31.9 Å². The Labute approximate surface area is 197 Å². The van der Waals surface area contributed by atoms with Crippen LogP contribution in [0.4, 0.5) is 5.69 Å². The maximum Gasteiger partial charge on any atom is 0.308 e. The number of esters is 1. The molecule has 0 radical (unpaired) electrons. The number of alkyl halides is 2. The topological polar surface area (TPSA) is 92.8 Å². The van der Waals surface area contributed by atoms with Crippen molar-refractivity contribution in [1.29, 1.82) is 0 Å². The number of halogens is 2. The maximum absolute atomic E-state index is 12.8. The molecule has 0 aromatic heterocycles. The highest BCUT2D eigenvalue weighted by Crippen LogP contribution is 2.60. The quantitative estimate of drug-likeness (QED) is 0.331. The summed E-state index contributed by atoms with van der Waals surface area (Å²) >= 11 is 7.30. The van der Waals surface area contributed by atoms with Gasteiger partial charge in [-0.2, -0.15) is 0 Å². The smallest absolute Gasteiger partial charge is 0.308 e. The molecule has 3 aliphatic rings. The van der Waals surface area contributed by atoms with E-state index in [2.05, 4.69) is 37.2 Å². The molecule has 166 valence electrons. The summed E-state index contributed by atoms with van der Waals surface area (Å²) in [6.07, 6.45) is 0.739. The number of rotatable bonds is 6. The predicted octanol–water partition coefficient (Wildman–Crippen LogP) is 2.95. The van der Waals surface area contributed by atoms with Gasteiger partial charge in [0, 0.05) is 21.9 Å². The van der Waals surface area contributed by atoms with Crippen molar-refractivity contribution < 1.29 is 23.9 Å². The molecule has 6 atom stereocenters. The first-order valence-electron chi connectivity index (χ1n) is 10.3. The summed E-state index contributed by atoms with van der Waals surface area (Å²) < 4.78 is 5.04. The molecule has 2 aliphatic carbocycles. The van der Waals surface area contributed by atoms with Crippen LogP contribution < -0.4 is 5.32 Å². The molecule has 2 bridgehead atoms. The number of anilines is 1. The number of imide groups is 1. The van der Waals surface area contributed by atoms with Crippen molar-refractivity contribution in [3.8, 4) is 0 Å². The lowest BCUT2D eigenvalue weighted by atomic mass is 9.81. The Morgan fingerprint density at radius 1 is 1.10 bits per heavy atom. The van der Waals surface area contributed by atoms with E-state index in [9.17, 15) is 19.2 Å². The number of likely N-dealkylation sites (tertiary alicyclic amines) is 1. The van der Waals surface area contributed by atoms with Crippen molar-refractivity contribution in [2.45, 2.75) is 36.3 Å². The molecule has 2 saturated carbocycles. The molecule has 31 heavy (non-hydrogen) atoms. The van der Waals surface area contributed by atoms with E-state index in [4.69, 9.17) is 4.74 Å². The molecule has 9 heteroatoms. The average molecular weight is 556 g/mol. The highest BCUT2D eigenvalue weighted by molar-refractivity contribution is 9.12. The second-order valence-electron chi connectivity index (χ2n) is 8.61. The lowest BCUT2D eigenvalue weighted by molar-refractivity contribution is -0.149. The molecule has 3 fully saturated rings. The van der Waals surface area contributed by atoms with Gasteiger partial charge in [-0.15, -0.1) is 0 Å². The molecule has 0 spiro atoms. The number of aryl methyl sites for hydroxylation is 2. The van der Waals surface area contributed by atoms with Crippen molar-refractivity contribution in [2.75, 3.05) is 18.5 Å². The summed E-state index contributed by atoms with van der Waals surface area (Å²) in [5.74, 6) is -1.74. The molecule has 1 aliphatic heterocycles. The third kappa shape index (κ3) is 4.06. The number of hydrogen-bond acceptors (Lipinski definition) is 5. The van der Waals surface area contributed by atoms with Gasteiger partial charge in [-0.25, -0.2) is 0 Å². The molecule has 1 N–H and O–H groups in total. The van der Waals surface area contributed by atoms with E-state index >= 15 is 0 Å². The molecule has 1 saturated heterocycles. The van der Waals surface area contributed by atoms with E-state index in [1.807, 2.05) is 32.0 Å². The molecule has 7 nitrogen and oxygen atoms in total. The molecule has 0 unspecified atom stereocenters. The number of hydrogen-bond donors (Lipinski definition) is 1. The molecule has 1 aromatic rings. The minimum atomic E-state index is -0.617. The van der Waals surface area contributed by atoms with Crippen molar-refractivity contribution in [2.24, 2.45) is 23.7 Å². The van der Waals surface area contributed by atoms with E-state index in [-0.39, 0.29) is 58.1 Å². The van der Waals surface area contributed by atoms with Crippen LogP contribution in [-0.2, 0) is 23.9 Å². The lowest BCUT2D eigenvalue weighted by Gasteiger charge is -2.28. The van der Waals surface area contributed by atoms with Crippen molar-refractivity contribution >= 4 is 61.2 Å². The van der Waals surface area contributed by atoms with Gasteiger partial charge in [0.15, 0.2) is 6.61 Å². The first-order valence-corrected chi connectivity index (χ1v) is 12.2. The predicted molar refractivity (Wildman–Crippen MR) is 121 cm³/mol. The van der Waals surface area contributed by atoms with Crippen LogP contribution in [0.25, 0.3) is 0 Å². The van der Waals surface area contributed by atoms with Crippen molar-refractivity contribution in [3.05, 3.63) is 29.3 Å². The Bertz CT molecular complexity index is 920.